The standard InChI is InChI=1S/C19H24N8/c1-13-11-14(3-2-8-27-9-6-22-7-10-27)4-5-15(13)19(21)25-17(20)16-18(26-19)24-12-23-16/h4-5,11-12,22,26H,6-10,21H2,1H3,(H2,20,25)(H,23,24). The van der Waals surface area contributed by atoms with Crippen LogP contribution in [0.3, 0.4) is 0 Å². The molecule has 140 valence electrons. The number of imidazole rings is 1. The first-order valence-electron chi connectivity index (χ1n) is 9.04. The normalized spacial score (nSPS) is 22.2. The monoisotopic (exact) mass is 364 g/mol. The topological polar surface area (TPSA) is 120 Å². The van der Waals surface area contributed by atoms with Crippen molar-refractivity contribution in [1.82, 2.24) is 20.2 Å². The Bertz CT molecular complexity index is 929. The molecule has 1 unspecified atom stereocenters. The Kier molecular flexibility index (Phi) is 4.58. The number of hydrogen-bond donors (Lipinski definition) is 5. The molecule has 27 heavy (non-hydrogen) atoms. The van der Waals surface area contributed by atoms with Crippen molar-refractivity contribution in [1.29, 1.82) is 0 Å². The van der Waals surface area contributed by atoms with Crippen molar-refractivity contribution in [3.8, 4) is 11.8 Å². The van der Waals surface area contributed by atoms with E-state index in [0.717, 1.165) is 49.4 Å². The zero-order chi connectivity index (χ0) is 18.9. The summed E-state index contributed by atoms with van der Waals surface area (Å²) >= 11 is 0. The van der Waals surface area contributed by atoms with Crippen molar-refractivity contribution in [2.24, 2.45) is 16.5 Å². The van der Waals surface area contributed by atoms with E-state index >= 15 is 0 Å². The van der Waals surface area contributed by atoms with Crippen LogP contribution >= 0.6 is 0 Å². The molecule has 0 aliphatic carbocycles. The molecule has 0 bridgehead atoms. The number of anilines is 1. The summed E-state index contributed by atoms with van der Waals surface area (Å²) < 4.78 is 0. The number of amidine groups is 1. The van der Waals surface area contributed by atoms with Crippen LogP contribution in [-0.2, 0) is 5.79 Å². The second-order valence-electron chi connectivity index (χ2n) is 6.87. The molecule has 3 heterocycles. The average molecular weight is 364 g/mol. The van der Waals surface area contributed by atoms with E-state index in [1.165, 1.54) is 0 Å². The summed E-state index contributed by atoms with van der Waals surface area (Å²) in [6.07, 6.45) is 1.57. The summed E-state index contributed by atoms with van der Waals surface area (Å²) in [5.74, 6) is 6.30. The molecular formula is C19H24N8. The number of aliphatic imine (C=N–C) groups is 1. The summed E-state index contributed by atoms with van der Waals surface area (Å²) in [6.45, 7) is 6.93. The predicted octanol–water partition coefficient (Wildman–Crippen LogP) is -0.125. The van der Waals surface area contributed by atoms with Crippen LogP contribution in [0.25, 0.3) is 0 Å². The van der Waals surface area contributed by atoms with E-state index < -0.39 is 5.79 Å². The van der Waals surface area contributed by atoms with Gasteiger partial charge < -0.3 is 21.4 Å². The number of nitrogens with one attached hydrogen (secondary N) is 3. The summed E-state index contributed by atoms with van der Waals surface area (Å²) in [4.78, 5) is 14.0. The number of rotatable bonds is 2. The Morgan fingerprint density at radius 1 is 1.30 bits per heavy atom. The zero-order valence-electron chi connectivity index (χ0n) is 15.3. The molecule has 1 saturated heterocycles. The van der Waals surface area contributed by atoms with Crippen molar-refractivity contribution < 1.29 is 0 Å². The number of nitrogens with two attached hydrogens (primary N) is 2. The highest BCUT2D eigenvalue weighted by atomic mass is 15.3. The fourth-order valence-corrected chi connectivity index (χ4v) is 3.46. The number of piperazine rings is 1. The first-order valence-corrected chi connectivity index (χ1v) is 9.04. The number of hydrogen-bond acceptors (Lipinski definition) is 7. The van der Waals surface area contributed by atoms with E-state index in [4.69, 9.17) is 11.5 Å². The lowest BCUT2D eigenvalue weighted by Crippen LogP contribution is -2.48. The van der Waals surface area contributed by atoms with E-state index in [1.54, 1.807) is 6.33 Å². The van der Waals surface area contributed by atoms with Gasteiger partial charge in [-0.1, -0.05) is 17.9 Å². The van der Waals surface area contributed by atoms with Crippen LogP contribution in [0.2, 0.25) is 0 Å². The molecular weight excluding hydrogens is 340 g/mol. The highest BCUT2D eigenvalue weighted by Gasteiger charge is 2.34. The second kappa shape index (κ2) is 7.04. The number of aromatic nitrogens is 2. The van der Waals surface area contributed by atoms with Gasteiger partial charge in [-0.15, -0.1) is 0 Å². The highest BCUT2D eigenvalue weighted by molar-refractivity contribution is 6.01. The first-order chi connectivity index (χ1) is 13.0. The summed E-state index contributed by atoms with van der Waals surface area (Å²) in [5.41, 5.74) is 16.0. The lowest BCUT2D eigenvalue weighted by atomic mass is 9.99. The van der Waals surface area contributed by atoms with E-state index in [-0.39, 0.29) is 0 Å². The van der Waals surface area contributed by atoms with Crippen LogP contribution in [0.5, 0.6) is 0 Å². The fraction of sp³-hybridized carbons (Fsp3) is 0.368. The molecule has 0 amide bonds. The van der Waals surface area contributed by atoms with Gasteiger partial charge in [-0.25, -0.2) is 9.98 Å². The molecule has 0 saturated carbocycles. The maximum Gasteiger partial charge on any atom is 0.212 e. The zero-order valence-corrected chi connectivity index (χ0v) is 15.3. The Morgan fingerprint density at radius 3 is 2.89 bits per heavy atom. The van der Waals surface area contributed by atoms with Gasteiger partial charge in [0.15, 0.2) is 11.7 Å². The van der Waals surface area contributed by atoms with Gasteiger partial charge in [0.25, 0.3) is 0 Å². The Balaban J connectivity index is 1.53. The minimum absolute atomic E-state index is 0.336. The summed E-state index contributed by atoms with van der Waals surface area (Å²) in [7, 11) is 0. The van der Waals surface area contributed by atoms with Crippen molar-refractivity contribution in [3.63, 3.8) is 0 Å². The van der Waals surface area contributed by atoms with E-state index in [9.17, 15) is 0 Å². The number of fused-ring (bicyclic) bond motifs is 1. The highest BCUT2D eigenvalue weighted by Crippen LogP contribution is 2.30. The van der Waals surface area contributed by atoms with Crippen LogP contribution in [0.15, 0.2) is 29.5 Å². The predicted molar refractivity (Wildman–Crippen MR) is 106 cm³/mol. The summed E-state index contributed by atoms with van der Waals surface area (Å²) in [5, 5.41) is 6.51. The van der Waals surface area contributed by atoms with Crippen LogP contribution in [0, 0.1) is 18.8 Å². The van der Waals surface area contributed by atoms with Gasteiger partial charge in [-0.2, -0.15) is 0 Å². The van der Waals surface area contributed by atoms with Crippen LogP contribution in [-0.4, -0.2) is 53.4 Å². The van der Waals surface area contributed by atoms with E-state index in [2.05, 4.69) is 42.3 Å². The van der Waals surface area contributed by atoms with Gasteiger partial charge in [0, 0.05) is 37.3 Å². The van der Waals surface area contributed by atoms with Gasteiger partial charge in [0.2, 0.25) is 5.79 Å². The largest absolute Gasteiger partial charge is 0.382 e. The quantitative estimate of drug-likeness (QED) is 0.474. The molecule has 0 radical (unpaired) electrons. The van der Waals surface area contributed by atoms with Gasteiger partial charge in [0.05, 0.1) is 12.9 Å². The minimum atomic E-state index is -1.15. The number of aromatic amines is 1. The van der Waals surface area contributed by atoms with Crippen molar-refractivity contribution in [3.05, 3.63) is 46.9 Å². The molecule has 8 nitrogen and oxygen atoms in total. The van der Waals surface area contributed by atoms with Crippen LogP contribution in [0.4, 0.5) is 5.82 Å². The van der Waals surface area contributed by atoms with Crippen LogP contribution in [0.1, 0.15) is 22.4 Å². The first kappa shape index (κ1) is 17.5. The maximum absolute atomic E-state index is 6.51. The van der Waals surface area contributed by atoms with Gasteiger partial charge >= 0.3 is 0 Å². The third-order valence-electron chi connectivity index (χ3n) is 4.88. The number of aryl methyl sites for hydroxylation is 1. The molecule has 2 aliphatic heterocycles. The number of H-pyrrole nitrogens is 1. The third kappa shape index (κ3) is 3.53. The molecule has 7 N–H and O–H groups in total. The number of nitrogens with zero attached hydrogens (tertiary/aromatic N) is 3. The molecule has 2 aromatic rings. The average Bonchev–Trinajstić information content (AvgIpc) is 3.11. The van der Waals surface area contributed by atoms with Crippen LogP contribution < -0.4 is 22.1 Å². The second-order valence-corrected chi connectivity index (χ2v) is 6.87. The Morgan fingerprint density at radius 2 is 2.11 bits per heavy atom. The van der Waals surface area contributed by atoms with Crippen molar-refractivity contribution >= 4 is 11.7 Å². The van der Waals surface area contributed by atoms with E-state index in [1.807, 2.05) is 25.1 Å². The fourth-order valence-electron chi connectivity index (χ4n) is 3.46. The smallest absolute Gasteiger partial charge is 0.212 e. The third-order valence-corrected chi connectivity index (χ3v) is 4.88. The molecule has 2 aliphatic rings. The van der Waals surface area contributed by atoms with Crippen molar-refractivity contribution in [2.45, 2.75) is 12.7 Å². The van der Waals surface area contributed by atoms with Gasteiger partial charge in [0.1, 0.15) is 5.69 Å². The number of benzene rings is 1. The van der Waals surface area contributed by atoms with Crippen molar-refractivity contribution in [2.75, 3.05) is 38.0 Å². The Labute approximate surface area is 158 Å². The minimum Gasteiger partial charge on any atom is -0.382 e. The summed E-state index contributed by atoms with van der Waals surface area (Å²) in [6, 6.07) is 5.95. The lowest BCUT2D eigenvalue weighted by molar-refractivity contribution is 0.268. The molecule has 8 heteroatoms. The molecule has 1 aromatic carbocycles. The van der Waals surface area contributed by atoms with Gasteiger partial charge in [-0.05, 0) is 24.6 Å². The van der Waals surface area contributed by atoms with E-state index in [0.29, 0.717) is 17.3 Å². The molecule has 1 aromatic heterocycles. The molecule has 0 spiro atoms. The van der Waals surface area contributed by atoms with Gasteiger partial charge in [-0.3, -0.25) is 10.6 Å². The maximum atomic E-state index is 6.51. The molecule has 1 atom stereocenters. The SMILES string of the molecule is Cc1cc(C#CCN2CCNCC2)ccc1C1(N)N=C(N)c2[nH]cnc2N1. The molecule has 1 fully saturated rings. The molecule has 4 rings (SSSR count). The lowest BCUT2D eigenvalue weighted by Gasteiger charge is -2.32. The Hall–Kier alpha value is -2.86.